The summed E-state index contributed by atoms with van der Waals surface area (Å²) in [6.07, 6.45) is 3.95. The molecule has 1 saturated heterocycles. The van der Waals surface area contributed by atoms with Crippen LogP contribution in [0.25, 0.3) is 0 Å². The van der Waals surface area contributed by atoms with E-state index in [-0.39, 0.29) is 17.9 Å². The second-order valence-electron chi connectivity index (χ2n) is 8.53. The average Bonchev–Trinajstić information content (AvgIpc) is 2.83. The quantitative estimate of drug-likeness (QED) is 0.587. The summed E-state index contributed by atoms with van der Waals surface area (Å²) >= 11 is 0. The van der Waals surface area contributed by atoms with Gasteiger partial charge in [-0.3, -0.25) is 14.7 Å². The summed E-state index contributed by atoms with van der Waals surface area (Å²) < 4.78 is 5.41. The van der Waals surface area contributed by atoms with Gasteiger partial charge in [-0.1, -0.05) is 48.0 Å². The number of benzene rings is 2. The van der Waals surface area contributed by atoms with Gasteiger partial charge in [0.15, 0.2) is 0 Å². The Kier molecular flexibility index (Phi) is 7.17. The summed E-state index contributed by atoms with van der Waals surface area (Å²) in [6.45, 7) is 5.04. The number of nitrogens with zero attached hydrogens (tertiary/aromatic N) is 2. The van der Waals surface area contributed by atoms with Crippen LogP contribution in [0.4, 0.5) is 0 Å². The maximum atomic E-state index is 13.2. The number of hydrogen-bond donors (Lipinski definition) is 1. The van der Waals surface area contributed by atoms with Gasteiger partial charge in [0, 0.05) is 19.3 Å². The first-order valence-electron chi connectivity index (χ1n) is 11.3. The Morgan fingerprint density at radius 2 is 2.00 bits per heavy atom. The van der Waals surface area contributed by atoms with Crippen molar-refractivity contribution in [3.05, 3.63) is 95.3 Å². The number of likely N-dealkylation sites (tertiary alicyclic amines) is 1. The highest BCUT2D eigenvalue weighted by atomic mass is 16.5. The number of hydrogen-bond acceptors (Lipinski definition) is 4. The molecule has 0 spiro atoms. The average molecular weight is 430 g/mol. The van der Waals surface area contributed by atoms with Crippen LogP contribution in [0.3, 0.4) is 0 Å². The molecule has 1 amide bonds. The van der Waals surface area contributed by atoms with E-state index in [4.69, 9.17) is 4.74 Å². The number of nitrogens with one attached hydrogen (secondary N) is 1. The van der Waals surface area contributed by atoms with Crippen LogP contribution in [0.1, 0.15) is 46.1 Å². The lowest BCUT2D eigenvalue weighted by Gasteiger charge is -2.37. The third-order valence-corrected chi connectivity index (χ3v) is 6.15. The Balaban J connectivity index is 1.54. The number of aromatic nitrogens is 1. The molecule has 0 saturated carbocycles. The van der Waals surface area contributed by atoms with E-state index >= 15 is 0 Å². The van der Waals surface area contributed by atoms with Gasteiger partial charge in [-0.25, -0.2) is 0 Å². The van der Waals surface area contributed by atoms with Gasteiger partial charge >= 0.3 is 0 Å². The fourth-order valence-electron chi connectivity index (χ4n) is 4.62. The second kappa shape index (κ2) is 10.4. The van der Waals surface area contributed by atoms with E-state index in [1.165, 1.54) is 11.1 Å². The normalized spacial score (nSPS) is 17.5. The third-order valence-electron chi connectivity index (χ3n) is 6.15. The Morgan fingerprint density at radius 1 is 1.16 bits per heavy atom. The number of rotatable bonds is 7. The molecule has 2 aromatic carbocycles. The summed E-state index contributed by atoms with van der Waals surface area (Å²) in [6, 6.07) is 21.8. The van der Waals surface area contributed by atoms with Gasteiger partial charge in [-0.15, -0.1) is 0 Å². The number of pyridine rings is 1. The number of para-hydroxylation sites is 1. The number of amides is 1. The van der Waals surface area contributed by atoms with Crippen LogP contribution in [0, 0.1) is 12.8 Å². The standard InChI is InChI=1S/C27H31N3O2/c1-20-9-7-10-21(17-20)18-30-16-8-11-22(19-30)26(24-13-5-6-15-28-24)29-27(31)23-12-3-4-14-25(23)32-2/h3-7,9-10,12-15,17,22,26H,8,11,16,18-19H2,1-2H3,(H,29,31)/t22-,26+/m1/s1. The van der Waals surface area contributed by atoms with E-state index in [0.717, 1.165) is 38.2 Å². The van der Waals surface area contributed by atoms with Crippen LogP contribution in [0.15, 0.2) is 72.9 Å². The molecule has 5 nitrogen and oxygen atoms in total. The third kappa shape index (κ3) is 5.35. The highest BCUT2D eigenvalue weighted by molar-refractivity contribution is 5.97. The van der Waals surface area contributed by atoms with Gasteiger partial charge in [0.2, 0.25) is 0 Å². The van der Waals surface area contributed by atoms with Gasteiger partial charge in [-0.2, -0.15) is 0 Å². The van der Waals surface area contributed by atoms with E-state index in [0.29, 0.717) is 11.3 Å². The molecule has 1 N–H and O–H groups in total. The number of carbonyl (C=O) groups is 1. The number of aryl methyl sites for hydroxylation is 1. The number of methoxy groups -OCH3 is 1. The first-order valence-corrected chi connectivity index (χ1v) is 11.3. The Labute approximate surface area is 190 Å². The predicted molar refractivity (Wildman–Crippen MR) is 127 cm³/mol. The maximum absolute atomic E-state index is 13.2. The van der Waals surface area contributed by atoms with E-state index < -0.39 is 0 Å². The lowest BCUT2D eigenvalue weighted by molar-refractivity contribution is 0.0872. The van der Waals surface area contributed by atoms with Crippen LogP contribution < -0.4 is 10.1 Å². The van der Waals surface area contributed by atoms with Gasteiger partial charge in [0.1, 0.15) is 5.75 Å². The van der Waals surface area contributed by atoms with Crippen molar-refractivity contribution in [3.8, 4) is 5.75 Å². The van der Waals surface area contributed by atoms with Crippen molar-refractivity contribution in [2.75, 3.05) is 20.2 Å². The molecule has 1 aliphatic rings. The predicted octanol–water partition coefficient (Wildman–Crippen LogP) is 4.78. The number of carbonyl (C=O) groups excluding carboxylic acids is 1. The van der Waals surface area contributed by atoms with Crippen LogP contribution >= 0.6 is 0 Å². The fourth-order valence-corrected chi connectivity index (χ4v) is 4.62. The van der Waals surface area contributed by atoms with E-state index in [1.54, 1.807) is 19.4 Å². The molecular weight excluding hydrogens is 398 g/mol. The van der Waals surface area contributed by atoms with Crippen LogP contribution in [0.5, 0.6) is 5.75 Å². The van der Waals surface area contributed by atoms with Crippen molar-refractivity contribution in [2.45, 2.75) is 32.4 Å². The topological polar surface area (TPSA) is 54.5 Å². The number of piperidine rings is 1. The molecule has 0 unspecified atom stereocenters. The lowest BCUT2D eigenvalue weighted by Crippen LogP contribution is -2.43. The molecule has 5 heteroatoms. The Morgan fingerprint density at radius 3 is 2.78 bits per heavy atom. The van der Waals surface area contributed by atoms with Gasteiger partial charge in [0.05, 0.1) is 24.4 Å². The van der Waals surface area contributed by atoms with Gasteiger partial charge in [0.25, 0.3) is 5.91 Å². The molecule has 0 bridgehead atoms. The molecule has 4 rings (SSSR count). The molecule has 1 aliphatic heterocycles. The molecule has 2 heterocycles. The summed E-state index contributed by atoms with van der Waals surface area (Å²) in [5.74, 6) is 0.727. The van der Waals surface area contributed by atoms with Crippen molar-refractivity contribution < 1.29 is 9.53 Å². The van der Waals surface area contributed by atoms with Crippen LogP contribution in [-0.4, -0.2) is 36.0 Å². The van der Waals surface area contributed by atoms with Crippen molar-refractivity contribution in [1.82, 2.24) is 15.2 Å². The van der Waals surface area contributed by atoms with Crippen LogP contribution in [-0.2, 0) is 6.54 Å². The van der Waals surface area contributed by atoms with Crippen molar-refractivity contribution in [3.63, 3.8) is 0 Å². The van der Waals surface area contributed by atoms with Crippen molar-refractivity contribution in [2.24, 2.45) is 5.92 Å². The fraction of sp³-hybridized carbons (Fsp3) is 0.333. The highest BCUT2D eigenvalue weighted by Crippen LogP contribution is 2.30. The minimum atomic E-state index is -0.158. The molecule has 2 atom stereocenters. The number of ether oxygens (including phenoxy) is 1. The highest BCUT2D eigenvalue weighted by Gasteiger charge is 2.31. The molecule has 0 radical (unpaired) electrons. The molecule has 32 heavy (non-hydrogen) atoms. The summed E-state index contributed by atoms with van der Waals surface area (Å²) in [5, 5.41) is 3.28. The molecule has 1 aromatic heterocycles. The van der Waals surface area contributed by atoms with Crippen molar-refractivity contribution >= 4 is 5.91 Å². The van der Waals surface area contributed by atoms with E-state index in [1.807, 2.05) is 36.4 Å². The summed E-state index contributed by atoms with van der Waals surface area (Å²) in [4.78, 5) is 20.3. The van der Waals surface area contributed by atoms with Crippen molar-refractivity contribution in [1.29, 1.82) is 0 Å². The maximum Gasteiger partial charge on any atom is 0.255 e. The Bertz CT molecular complexity index is 1040. The van der Waals surface area contributed by atoms with E-state index in [2.05, 4.69) is 46.4 Å². The van der Waals surface area contributed by atoms with Crippen LogP contribution in [0.2, 0.25) is 0 Å². The van der Waals surface area contributed by atoms with Gasteiger partial charge in [-0.05, 0) is 62.1 Å². The molecule has 0 aliphatic carbocycles. The Hall–Kier alpha value is -3.18. The largest absolute Gasteiger partial charge is 0.496 e. The first-order chi connectivity index (χ1) is 15.6. The summed E-state index contributed by atoms with van der Waals surface area (Å²) in [7, 11) is 1.59. The summed E-state index contributed by atoms with van der Waals surface area (Å²) in [5.41, 5.74) is 4.06. The zero-order valence-corrected chi connectivity index (χ0v) is 18.8. The smallest absolute Gasteiger partial charge is 0.255 e. The minimum Gasteiger partial charge on any atom is -0.496 e. The molecule has 166 valence electrons. The zero-order chi connectivity index (χ0) is 22.3. The van der Waals surface area contributed by atoms with E-state index in [9.17, 15) is 4.79 Å². The molecule has 3 aromatic rings. The second-order valence-corrected chi connectivity index (χ2v) is 8.53. The SMILES string of the molecule is COc1ccccc1C(=O)N[C@H](c1ccccn1)[C@@H]1CCCN(Cc2cccc(C)c2)C1. The first kappa shape index (κ1) is 22.0. The lowest BCUT2D eigenvalue weighted by atomic mass is 9.88. The monoisotopic (exact) mass is 429 g/mol. The van der Waals surface area contributed by atoms with Gasteiger partial charge < -0.3 is 10.1 Å². The minimum absolute atomic E-state index is 0.131. The molecular formula is C27H31N3O2. The zero-order valence-electron chi connectivity index (χ0n) is 18.8. The molecule has 1 fully saturated rings.